The van der Waals surface area contributed by atoms with Crippen molar-refractivity contribution in [2.24, 2.45) is 0 Å². The highest BCUT2D eigenvalue weighted by molar-refractivity contribution is 7.99. The van der Waals surface area contributed by atoms with E-state index in [-0.39, 0.29) is 0 Å². The number of thioether (sulfide) groups is 1. The summed E-state index contributed by atoms with van der Waals surface area (Å²) in [6.07, 6.45) is 3.76. The van der Waals surface area contributed by atoms with Gasteiger partial charge in [0.2, 0.25) is 0 Å². The Morgan fingerprint density at radius 1 is 1.21 bits per heavy atom. The van der Waals surface area contributed by atoms with Crippen LogP contribution in [0.4, 0.5) is 0 Å². The molecule has 1 aliphatic carbocycles. The van der Waals surface area contributed by atoms with Crippen molar-refractivity contribution in [3.05, 3.63) is 32.8 Å². The van der Waals surface area contributed by atoms with E-state index in [0.717, 1.165) is 10.8 Å². The summed E-state index contributed by atoms with van der Waals surface area (Å²) in [4.78, 5) is 0. The van der Waals surface area contributed by atoms with Crippen LogP contribution in [0.3, 0.4) is 0 Å². The lowest BCUT2D eigenvalue weighted by Gasteiger charge is -2.15. The first-order chi connectivity index (χ1) is 9.11. The van der Waals surface area contributed by atoms with E-state index in [0.29, 0.717) is 27.7 Å². The normalized spacial score (nSPS) is 22.9. The zero-order valence-electron chi connectivity index (χ0n) is 10.9. The molecule has 0 aliphatic heterocycles. The zero-order valence-corrected chi connectivity index (χ0v) is 14.0. The van der Waals surface area contributed by atoms with E-state index >= 15 is 0 Å². The van der Waals surface area contributed by atoms with Crippen LogP contribution in [0.1, 0.15) is 31.7 Å². The number of hydrogen-bond acceptors (Lipinski definition) is 2. The fourth-order valence-electron chi connectivity index (χ4n) is 2.49. The predicted molar refractivity (Wildman–Crippen MR) is 87.9 cm³/mol. The molecule has 5 heteroatoms. The van der Waals surface area contributed by atoms with Gasteiger partial charge >= 0.3 is 0 Å². The van der Waals surface area contributed by atoms with Gasteiger partial charge in [0.05, 0.1) is 10.0 Å². The lowest BCUT2D eigenvalue weighted by molar-refractivity contribution is 0.525. The second-order valence-corrected chi connectivity index (χ2v) is 7.56. The molecule has 2 unspecified atom stereocenters. The Labute approximate surface area is 134 Å². The Kier molecular flexibility index (Phi) is 6.16. The maximum atomic E-state index is 6.20. The summed E-state index contributed by atoms with van der Waals surface area (Å²) < 4.78 is 0. The maximum absolute atomic E-state index is 6.20. The fourth-order valence-corrected chi connectivity index (χ4v) is 4.31. The van der Waals surface area contributed by atoms with Crippen LogP contribution in [-0.4, -0.2) is 17.0 Å². The zero-order chi connectivity index (χ0) is 13.8. The van der Waals surface area contributed by atoms with Gasteiger partial charge in [-0.1, -0.05) is 41.7 Å². The first-order valence-corrected chi connectivity index (χ1v) is 8.77. The number of halogens is 3. The van der Waals surface area contributed by atoms with Crippen molar-refractivity contribution in [2.45, 2.75) is 44.0 Å². The molecule has 0 aromatic heterocycles. The summed E-state index contributed by atoms with van der Waals surface area (Å²) in [6.45, 7) is 2.91. The van der Waals surface area contributed by atoms with E-state index in [1.807, 2.05) is 0 Å². The minimum atomic E-state index is 0.564. The molecule has 0 saturated heterocycles. The third-order valence-corrected chi connectivity index (χ3v) is 5.92. The Hall–Kier alpha value is 0.400. The lowest BCUT2D eigenvalue weighted by Crippen LogP contribution is -2.26. The van der Waals surface area contributed by atoms with Crippen LogP contribution in [0.5, 0.6) is 0 Å². The van der Waals surface area contributed by atoms with E-state index < -0.39 is 0 Å². The van der Waals surface area contributed by atoms with Crippen molar-refractivity contribution in [3.63, 3.8) is 0 Å². The van der Waals surface area contributed by atoms with E-state index in [1.54, 1.807) is 12.1 Å². The molecule has 1 saturated carbocycles. The highest BCUT2D eigenvalue weighted by Crippen LogP contribution is 2.33. The van der Waals surface area contributed by atoms with Gasteiger partial charge in [0, 0.05) is 28.4 Å². The fraction of sp³-hybridized carbons (Fsp3) is 0.571. The van der Waals surface area contributed by atoms with Gasteiger partial charge in [0.25, 0.3) is 0 Å². The third kappa shape index (κ3) is 4.18. The molecule has 1 fully saturated rings. The third-order valence-electron chi connectivity index (χ3n) is 3.49. The van der Waals surface area contributed by atoms with Crippen molar-refractivity contribution in [3.8, 4) is 0 Å². The molecule has 0 spiro atoms. The van der Waals surface area contributed by atoms with Gasteiger partial charge in [-0.05, 0) is 37.1 Å². The summed E-state index contributed by atoms with van der Waals surface area (Å²) in [6, 6.07) is 4.10. The standard InChI is InChI=1S/C14H18Cl3NS/c1-2-19-10-4-3-9(7-10)18-8-11-12(15)5-6-13(16)14(11)17/h5-6,9-10,18H,2-4,7-8H2,1H3. The molecule has 1 nitrogen and oxygen atoms in total. The molecule has 0 amide bonds. The van der Waals surface area contributed by atoms with E-state index in [9.17, 15) is 0 Å². The molecule has 0 bridgehead atoms. The summed E-state index contributed by atoms with van der Waals surface area (Å²) in [5.74, 6) is 1.20. The van der Waals surface area contributed by atoms with Crippen LogP contribution in [0.25, 0.3) is 0 Å². The summed E-state index contributed by atoms with van der Waals surface area (Å²) in [5.41, 5.74) is 0.905. The largest absolute Gasteiger partial charge is 0.310 e. The molecule has 1 aliphatic rings. The highest BCUT2D eigenvalue weighted by Gasteiger charge is 2.24. The van der Waals surface area contributed by atoms with Crippen molar-refractivity contribution in [1.29, 1.82) is 0 Å². The number of hydrogen-bond donors (Lipinski definition) is 1. The Bertz CT molecular complexity index is 439. The number of nitrogens with one attached hydrogen (secondary N) is 1. The van der Waals surface area contributed by atoms with Crippen LogP contribution in [0, 0.1) is 0 Å². The van der Waals surface area contributed by atoms with Gasteiger partial charge in [-0.15, -0.1) is 0 Å². The summed E-state index contributed by atoms with van der Waals surface area (Å²) >= 11 is 20.5. The topological polar surface area (TPSA) is 12.0 Å². The molecule has 1 aromatic carbocycles. The first kappa shape index (κ1) is 15.8. The van der Waals surface area contributed by atoms with Gasteiger partial charge in [-0.25, -0.2) is 0 Å². The summed E-state index contributed by atoms with van der Waals surface area (Å²) in [7, 11) is 0. The lowest BCUT2D eigenvalue weighted by atomic mass is 10.2. The minimum absolute atomic E-state index is 0.564. The van der Waals surface area contributed by atoms with Gasteiger partial charge in [-0.2, -0.15) is 11.8 Å². The minimum Gasteiger partial charge on any atom is -0.310 e. The van der Waals surface area contributed by atoms with E-state index in [2.05, 4.69) is 24.0 Å². The molecule has 106 valence electrons. The quantitative estimate of drug-likeness (QED) is 0.720. The Morgan fingerprint density at radius 2 is 1.95 bits per heavy atom. The smallest absolute Gasteiger partial charge is 0.0652 e. The van der Waals surface area contributed by atoms with E-state index in [1.165, 1.54) is 25.0 Å². The van der Waals surface area contributed by atoms with E-state index in [4.69, 9.17) is 34.8 Å². The van der Waals surface area contributed by atoms with Gasteiger partial charge in [-0.3, -0.25) is 0 Å². The second kappa shape index (κ2) is 7.42. The SMILES string of the molecule is CCSC1CCC(NCc2c(Cl)ccc(Cl)c2Cl)C1. The van der Waals surface area contributed by atoms with Crippen LogP contribution >= 0.6 is 46.6 Å². The van der Waals surface area contributed by atoms with Crippen LogP contribution in [-0.2, 0) is 6.54 Å². The second-order valence-electron chi connectivity index (χ2n) is 4.79. The van der Waals surface area contributed by atoms with Gasteiger partial charge in [0.1, 0.15) is 0 Å². The summed E-state index contributed by atoms with van der Waals surface area (Å²) in [5, 5.41) is 6.17. The van der Waals surface area contributed by atoms with Crippen molar-refractivity contribution in [1.82, 2.24) is 5.32 Å². The molecule has 19 heavy (non-hydrogen) atoms. The molecule has 1 N–H and O–H groups in total. The van der Waals surface area contributed by atoms with Crippen molar-refractivity contribution < 1.29 is 0 Å². The highest BCUT2D eigenvalue weighted by atomic mass is 35.5. The van der Waals surface area contributed by atoms with Crippen LogP contribution in [0.2, 0.25) is 15.1 Å². The molecule has 2 atom stereocenters. The van der Waals surface area contributed by atoms with Crippen LogP contribution in [0.15, 0.2) is 12.1 Å². The molecular formula is C14H18Cl3NS. The molecule has 1 aromatic rings. The Morgan fingerprint density at radius 3 is 2.68 bits per heavy atom. The maximum Gasteiger partial charge on any atom is 0.0652 e. The monoisotopic (exact) mass is 337 g/mol. The van der Waals surface area contributed by atoms with Crippen molar-refractivity contribution in [2.75, 3.05) is 5.75 Å². The molecule has 0 radical (unpaired) electrons. The van der Waals surface area contributed by atoms with Gasteiger partial charge < -0.3 is 5.32 Å². The number of rotatable bonds is 5. The Balaban J connectivity index is 1.91. The number of benzene rings is 1. The molecule has 2 rings (SSSR count). The predicted octanol–water partition coefficient (Wildman–Crippen LogP) is 5.41. The average Bonchev–Trinajstić information content (AvgIpc) is 2.82. The van der Waals surface area contributed by atoms with Crippen LogP contribution < -0.4 is 5.32 Å². The average molecular weight is 339 g/mol. The first-order valence-electron chi connectivity index (χ1n) is 6.59. The molecule has 0 heterocycles. The molecular weight excluding hydrogens is 321 g/mol. The van der Waals surface area contributed by atoms with Crippen molar-refractivity contribution >= 4 is 46.6 Å². The van der Waals surface area contributed by atoms with Gasteiger partial charge in [0.15, 0.2) is 0 Å².